The van der Waals surface area contributed by atoms with E-state index in [1.54, 1.807) is 0 Å². The lowest BCUT2D eigenvalue weighted by Gasteiger charge is -2.27. The number of nitrogens with zero attached hydrogens (tertiary/aromatic N) is 1. The third-order valence-corrected chi connectivity index (χ3v) is 5.92. The topological polar surface area (TPSA) is 78.5 Å². The van der Waals surface area contributed by atoms with Gasteiger partial charge >= 0.3 is 6.03 Å². The minimum atomic E-state index is -1.26. The number of rotatable bonds is 7. The van der Waals surface area contributed by atoms with Gasteiger partial charge in [0.1, 0.15) is 6.54 Å². The number of carbonyl (C=O) groups is 3. The third kappa shape index (κ3) is 4.65. The summed E-state index contributed by atoms with van der Waals surface area (Å²) in [5.41, 5.74) is 2.11. The van der Waals surface area contributed by atoms with Crippen LogP contribution < -0.4 is 10.6 Å². The van der Waals surface area contributed by atoms with Crippen LogP contribution in [-0.4, -0.2) is 29.3 Å². The fourth-order valence-corrected chi connectivity index (χ4v) is 4.11. The van der Waals surface area contributed by atoms with Crippen LogP contribution in [0.5, 0.6) is 0 Å². The molecule has 0 bridgehead atoms. The summed E-state index contributed by atoms with van der Waals surface area (Å²) in [5, 5.41) is 5.66. The zero-order valence-corrected chi connectivity index (χ0v) is 18.7. The maximum atomic E-state index is 13.6. The highest BCUT2D eigenvalue weighted by atomic mass is 16.2. The Labute approximate surface area is 193 Å². The lowest BCUT2D eigenvalue weighted by Crippen LogP contribution is -2.46. The summed E-state index contributed by atoms with van der Waals surface area (Å²) >= 11 is 0. The van der Waals surface area contributed by atoms with Crippen LogP contribution in [0.2, 0.25) is 0 Å². The van der Waals surface area contributed by atoms with Gasteiger partial charge in [0.25, 0.3) is 5.91 Å². The van der Waals surface area contributed by atoms with Gasteiger partial charge in [-0.25, -0.2) is 4.79 Å². The van der Waals surface area contributed by atoms with E-state index in [2.05, 4.69) is 24.5 Å². The van der Waals surface area contributed by atoms with Crippen LogP contribution in [0.25, 0.3) is 0 Å². The first-order chi connectivity index (χ1) is 15.9. The zero-order valence-electron chi connectivity index (χ0n) is 18.7. The molecule has 0 spiro atoms. The highest BCUT2D eigenvalue weighted by Gasteiger charge is 2.52. The van der Waals surface area contributed by atoms with Crippen molar-refractivity contribution in [2.45, 2.75) is 31.7 Å². The molecule has 0 radical (unpaired) electrons. The van der Waals surface area contributed by atoms with Crippen LogP contribution in [0.15, 0.2) is 84.9 Å². The molecule has 1 aliphatic rings. The third-order valence-electron chi connectivity index (χ3n) is 5.92. The van der Waals surface area contributed by atoms with Crippen molar-refractivity contribution in [3.63, 3.8) is 0 Å². The summed E-state index contributed by atoms with van der Waals surface area (Å²) in [4.78, 5) is 40.2. The molecular weight excluding hydrogens is 414 g/mol. The Bertz CT molecular complexity index is 1140. The van der Waals surface area contributed by atoms with Gasteiger partial charge < -0.3 is 10.6 Å². The highest BCUT2D eigenvalue weighted by molar-refractivity contribution is 6.10. The van der Waals surface area contributed by atoms with E-state index in [0.717, 1.165) is 16.0 Å². The van der Waals surface area contributed by atoms with E-state index >= 15 is 0 Å². The number of urea groups is 1. The summed E-state index contributed by atoms with van der Waals surface area (Å²) in [6, 6.07) is 25.7. The standard InChI is InChI=1S/C27H27N3O3/c1-19(2)21-13-15-23(16-14-21)28-24(31)18-30-25(32)27(29-26(30)33,22-11-7-4-8-12-22)17-20-9-5-3-6-10-20/h3-16,19H,17-18H2,1-2H3,(H,28,31)(H,29,33). The molecule has 3 aromatic carbocycles. The monoisotopic (exact) mass is 441 g/mol. The Morgan fingerprint density at radius 2 is 1.52 bits per heavy atom. The highest BCUT2D eigenvalue weighted by Crippen LogP contribution is 2.33. The van der Waals surface area contributed by atoms with Gasteiger partial charge in [0.2, 0.25) is 5.91 Å². The number of carbonyl (C=O) groups excluding carboxylic acids is 3. The fourth-order valence-electron chi connectivity index (χ4n) is 4.11. The molecular formula is C27H27N3O3. The van der Waals surface area contributed by atoms with E-state index in [9.17, 15) is 14.4 Å². The summed E-state index contributed by atoms with van der Waals surface area (Å²) < 4.78 is 0. The van der Waals surface area contributed by atoms with E-state index in [0.29, 0.717) is 17.2 Å². The van der Waals surface area contributed by atoms with E-state index in [-0.39, 0.29) is 13.0 Å². The smallest absolute Gasteiger partial charge is 0.325 e. The Morgan fingerprint density at radius 1 is 0.909 bits per heavy atom. The largest absolute Gasteiger partial charge is 0.325 e. The van der Waals surface area contributed by atoms with Crippen molar-refractivity contribution in [1.29, 1.82) is 0 Å². The average Bonchev–Trinajstić information content (AvgIpc) is 3.05. The second-order valence-electron chi connectivity index (χ2n) is 8.58. The Morgan fingerprint density at radius 3 is 2.12 bits per heavy atom. The van der Waals surface area contributed by atoms with Gasteiger partial charge in [-0.3, -0.25) is 14.5 Å². The molecule has 1 heterocycles. The molecule has 1 atom stereocenters. The first kappa shape index (κ1) is 22.3. The lowest BCUT2D eigenvalue weighted by molar-refractivity contribution is -0.134. The molecule has 33 heavy (non-hydrogen) atoms. The summed E-state index contributed by atoms with van der Waals surface area (Å²) in [6.45, 7) is 3.83. The number of hydrogen-bond donors (Lipinski definition) is 2. The SMILES string of the molecule is CC(C)c1ccc(NC(=O)CN2C(=O)NC(Cc3ccccc3)(c3ccccc3)C2=O)cc1. The Hall–Kier alpha value is -3.93. The maximum Gasteiger partial charge on any atom is 0.325 e. The number of amides is 4. The van der Waals surface area contributed by atoms with Crippen LogP contribution in [0, 0.1) is 0 Å². The molecule has 0 saturated carbocycles. The fraction of sp³-hybridized carbons (Fsp3) is 0.222. The number of benzene rings is 3. The first-order valence-electron chi connectivity index (χ1n) is 11.0. The molecule has 0 aliphatic carbocycles. The summed E-state index contributed by atoms with van der Waals surface area (Å²) in [6.07, 6.45) is 0.289. The van der Waals surface area contributed by atoms with E-state index < -0.39 is 23.4 Å². The number of anilines is 1. The predicted molar refractivity (Wildman–Crippen MR) is 128 cm³/mol. The second-order valence-corrected chi connectivity index (χ2v) is 8.58. The van der Waals surface area contributed by atoms with Gasteiger partial charge in [-0.2, -0.15) is 0 Å². The molecule has 6 nitrogen and oxygen atoms in total. The van der Waals surface area contributed by atoms with Crippen molar-refractivity contribution in [1.82, 2.24) is 10.2 Å². The molecule has 3 aromatic rings. The first-order valence-corrected chi connectivity index (χ1v) is 11.0. The maximum absolute atomic E-state index is 13.6. The van der Waals surface area contributed by atoms with Crippen molar-refractivity contribution in [2.24, 2.45) is 0 Å². The molecule has 6 heteroatoms. The Balaban J connectivity index is 1.55. The Kier molecular flexibility index (Phi) is 6.27. The molecule has 1 fully saturated rings. The van der Waals surface area contributed by atoms with Gasteiger partial charge in [-0.1, -0.05) is 86.6 Å². The van der Waals surface area contributed by atoms with Gasteiger partial charge in [0.05, 0.1) is 0 Å². The van der Waals surface area contributed by atoms with Crippen molar-refractivity contribution in [2.75, 3.05) is 11.9 Å². The van der Waals surface area contributed by atoms with Gasteiger partial charge in [-0.05, 0) is 34.7 Å². The molecule has 1 aliphatic heterocycles. The quantitative estimate of drug-likeness (QED) is 0.532. The molecule has 1 saturated heterocycles. The van der Waals surface area contributed by atoms with Gasteiger partial charge in [0.15, 0.2) is 5.54 Å². The van der Waals surface area contributed by atoms with Crippen LogP contribution >= 0.6 is 0 Å². The molecule has 0 aromatic heterocycles. The van der Waals surface area contributed by atoms with Crippen molar-refractivity contribution >= 4 is 23.5 Å². The van der Waals surface area contributed by atoms with Crippen LogP contribution in [0.4, 0.5) is 10.5 Å². The zero-order chi connectivity index (χ0) is 23.4. The van der Waals surface area contributed by atoms with Crippen LogP contribution in [-0.2, 0) is 21.5 Å². The van der Waals surface area contributed by atoms with Gasteiger partial charge in [0, 0.05) is 12.1 Å². The number of imide groups is 1. The lowest BCUT2D eigenvalue weighted by atomic mass is 9.83. The van der Waals surface area contributed by atoms with E-state index in [4.69, 9.17) is 0 Å². The number of nitrogens with one attached hydrogen (secondary N) is 2. The summed E-state index contributed by atoms with van der Waals surface area (Å²) in [5.74, 6) is -0.483. The average molecular weight is 442 g/mol. The van der Waals surface area contributed by atoms with E-state index in [1.165, 1.54) is 0 Å². The molecule has 4 amide bonds. The van der Waals surface area contributed by atoms with Crippen LogP contribution in [0.1, 0.15) is 36.5 Å². The van der Waals surface area contributed by atoms with Gasteiger partial charge in [-0.15, -0.1) is 0 Å². The second kappa shape index (κ2) is 9.28. The molecule has 4 rings (SSSR count). The molecule has 2 N–H and O–H groups in total. The normalized spacial score (nSPS) is 17.8. The number of hydrogen-bond acceptors (Lipinski definition) is 3. The van der Waals surface area contributed by atoms with E-state index in [1.807, 2.05) is 84.9 Å². The van der Waals surface area contributed by atoms with Crippen molar-refractivity contribution in [3.05, 3.63) is 102 Å². The summed E-state index contributed by atoms with van der Waals surface area (Å²) in [7, 11) is 0. The van der Waals surface area contributed by atoms with Crippen LogP contribution in [0.3, 0.4) is 0 Å². The molecule has 1 unspecified atom stereocenters. The minimum Gasteiger partial charge on any atom is -0.325 e. The van der Waals surface area contributed by atoms with Crippen molar-refractivity contribution in [3.8, 4) is 0 Å². The predicted octanol–water partition coefficient (Wildman–Crippen LogP) is 4.44. The minimum absolute atomic E-state index is 0.289. The van der Waals surface area contributed by atoms with Crippen molar-refractivity contribution < 1.29 is 14.4 Å². The molecule has 168 valence electrons.